The van der Waals surface area contributed by atoms with Gasteiger partial charge in [-0.05, 0) is 56.2 Å². The summed E-state index contributed by atoms with van der Waals surface area (Å²) < 4.78 is 29.3. The van der Waals surface area contributed by atoms with E-state index >= 15 is 0 Å². The monoisotopic (exact) mass is 524 g/mol. The Morgan fingerprint density at radius 3 is 2.50 bits per heavy atom. The minimum absolute atomic E-state index is 0.0902. The number of carbonyl (C=O) groups is 1. The van der Waals surface area contributed by atoms with Gasteiger partial charge in [0.25, 0.3) is 10.0 Å². The van der Waals surface area contributed by atoms with Crippen molar-refractivity contribution in [3.8, 4) is 5.82 Å². The highest BCUT2D eigenvalue weighted by Crippen LogP contribution is 2.24. The van der Waals surface area contributed by atoms with Crippen molar-refractivity contribution >= 4 is 43.9 Å². The number of nitrogens with one attached hydrogen (secondary N) is 2. The van der Waals surface area contributed by atoms with Gasteiger partial charge in [-0.1, -0.05) is 0 Å². The van der Waals surface area contributed by atoms with Crippen molar-refractivity contribution in [3.05, 3.63) is 66.2 Å². The molecule has 1 aliphatic heterocycles. The quantitative estimate of drug-likeness (QED) is 0.377. The molecule has 3 aromatic heterocycles. The standard InChI is InChI=1S/C23H24N8O3S2/c1-16-24-10-13-31(16)21-9-8-20(27-28-21)30-12-2-3-17(15-30)22(32)26-18-4-6-19(7-5-18)36(33,34)29-23-25-11-14-35-23/h4-11,13-14,17H,2-3,12,15H2,1H3,(H,25,29)(H,26,32). The third-order valence-corrected chi connectivity index (χ3v) is 8.08. The van der Waals surface area contributed by atoms with Gasteiger partial charge >= 0.3 is 0 Å². The molecule has 11 nitrogen and oxygen atoms in total. The van der Waals surface area contributed by atoms with Gasteiger partial charge in [0.2, 0.25) is 5.91 Å². The first-order valence-corrected chi connectivity index (χ1v) is 13.7. The Hall–Kier alpha value is -3.84. The predicted octanol–water partition coefficient (Wildman–Crippen LogP) is 3.08. The number of rotatable bonds is 7. The Morgan fingerprint density at radius 1 is 1.06 bits per heavy atom. The van der Waals surface area contributed by atoms with E-state index in [4.69, 9.17) is 0 Å². The topological polar surface area (TPSA) is 135 Å². The number of aryl methyl sites for hydroxylation is 1. The lowest BCUT2D eigenvalue weighted by Crippen LogP contribution is -2.41. The van der Waals surface area contributed by atoms with Crippen LogP contribution in [0, 0.1) is 12.8 Å². The molecule has 186 valence electrons. The summed E-state index contributed by atoms with van der Waals surface area (Å²) in [5.41, 5.74) is 0.533. The summed E-state index contributed by atoms with van der Waals surface area (Å²) >= 11 is 1.20. The number of amides is 1. The van der Waals surface area contributed by atoms with Crippen LogP contribution in [0.3, 0.4) is 0 Å². The van der Waals surface area contributed by atoms with Crippen molar-refractivity contribution in [2.24, 2.45) is 5.92 Å². The van der Waals surface area contributed by atoms with Crippen LogP contribution in [0.5, 0.6) is 0 Å². The number of aromatic nitrogens is 5. The van der Waals surface area contributed by atoms with Crippen LogP contribution in [-0.2, 0) is 14.8 Å². The first kappa shape index (κ1) is 23.9. The smallest absolute Gasteiger partial charge is 0.263 e. The van der Waals surface area contributed by atoms with Crippen LogP contribution in [0.1, 0.15) is 18.7 Å². The number of imidazole rings is 1. The molecule has 36 heavy (non-hydrogen) atoms. The number of carbonyl (C=O) groups excluding carboxylic acids is 1. The van der Waals surface area contributed by atoms with E-state index in [1.165, 1.54) is 29.7 Å². The maximum absolute atomic E-state index is 13.0. The molecule has 4 aromatic rings. The minimum atomic E-state index is -3.75. The van der Waals surface area contributed by atoms with Gasteiger partial charge in [0.1, 0.15) is 5.82 Å². The number of benzene rings is 1. The molecule has 0 spiro atoms. The number of anilines is 3. The van der Waals surface area contributed by atoms with Crippen molar-refractivity contribution in [1.29, 1.82) is 0 Å². The Labute approximate surface area is 212 Å². The summed E-state index contributed by atoms with van der Waals surface area (Å²) in [4.78, 5) is 23.3. The summed E-state index contributed by atoms with van der Waals surface area (Å²) in [5, 5.41) is 13.6. The fourth-order valence-electron chi connectivity index (χ4n) is 4.04. The van der Waals surface area contributed by atoms with Crippen LogP contribution < -0.4 is 14.9 Å². The van der Waals surface area contributed by atoms with Gasteiger partial charge in [0, 0.05) is 42.7 Å². The van der Waals surface area contributed by atoms with E-state index in [-0.39, 0.29) is 16.7 Å². The highest BCUT2D eigenvalue weighted by atomic mass is 32.2. The molecule has 1 aromatic carbocycles. The molecule has 1 unspecified atom stereocenters. The first-order chi connectivity index (χ1) is 17.4. The Bertz CT molecular complexity index is 1440. The molecule has 5 rings (SSSR count). The predicted molar refractivity (Wildman–Crippen MR) is 137 cm³/mol. The summed E-state index contributed by atoms with van der Waals surface area (Å²) in [6.07, 6.45) is 6.68. The van der Waals surface area contributed by atoms with Crippen LogP contribution >= 0.6 is 11.3 Å². The molecule has 1 amide bonds. The highest BCUT2D eigenvalue weighted by Gasteiger charge is 2.27. The zero-order valence-corrected chi connectivity index (χ0v) is 21.0. The van der Waals surface area contributed by atoms with Crippen molar-refractivity contribution in [2.75, 3.05) is 28.0 Å². The van der Waals surface area contributed by atoms with Gasteiger partial charge in [-0.25, -0.2) is 18.4 Å². The molecule has 1 fully saturated rings. The van der Waals surface area contributed by atoms with Crippen LogP contribution in [0.25, 0.3) is 5.82 Å². The zero-order chi connectivity index (χ0) is 25.1. The lowest BCUT2D eigenvalue weighted by atomic mass is 9.97. The molecule has 4 heterocycles. The van der Waals surface area contributed by atoms with Crippen molar-refractivity contribution in [3.63, 3.8) is 0 Å². The molecule has 0 bridgehead atoms. The van der Waals surface area contributed by atoms with Crippen molar-refractivity contribution in [1.82, 2.24) is 24.7 Å². The van der Waals surface area contributed by atoms with E-state index in [1.54, 1.807) is 23.7 Å². The number of nitrogens with zero attached hydrogens (tertiary/aromatic N) is 6. The maximum atomic E-state index is 13.0. The van der Waals surface area contributed by atoms with E-state index in [0.717, 1.165) is 31.0 Å². The number of sulfonamides is 1. The minimum Gasteiger partial charge on any atom is -0.354 e. The van der Waals surface area contributed by atoms with Gasteiger partial charge < -0.3 is 10.2 Å². The van der Waals surface area contributed by atoms with Crippen LogP contribution in [-0.4, -0.2) is 52.1 Å². The number of piperidine rings is 1. The molecule has 1 aliphatic rings. The number of hydrogen-bond acceptors (Lipinski definition) is 9. The van der Waals surface area contributed by atoms with Gasteiger partial charge in [-0.3, -0.25) is 14.1 Å². The lowest BCUT2D eigenvalue weighted by molar-refractivity contribution is -0.120. The Kier molecular flexibility index (Phi) is 6.65. The SMILES string of the molecule is Cc1nccn1-c1ccc(N2CCCC(C(=O)Nc3ccc(S(=O)(=O)Nc4nccs4)cc3)C2)nn1. The van der Waals surface area contributed by atoms with Gasteiger partial charge in [-0.15, -0.1) is 21.5 Å². The van der Waals surface area contributed by atoms with E-state index < -0.39 is 10.0 Å². The second-order valence-corrected chi connectivity index (χ2v) is 10.9. The molecule has 1 atom stereocenters. The fourth-order valence-corrected chi connectivity index (χ4v) is 5.83. The van der Waals surface area contributed by atoms with Crippen LogP contribution in [0.4, 0.5) is 16.6 Å². The van der Waals surface area contributed by atoms with Crippen LogP contribution in [0.15, 0.2) is 65.3 Å². The van der Waals surface area contributed by atoms with Crippen molar-refractivity contribution < 1.29 is 13.2 Å². The zero-order valence-electron chi connectivity index (χ0n) is 19.4. The van der Waals surface area contributed by atoms with Gasteiger partial charge in [-0.2, -0.15) is 0 Å². The maximum Gasteiger partial charge on any atom is 0.263 e. The normalized spacial score (nSPS) is 16.0. The number of thiazole rings is 1. The Morgan fingerprint density at radius 2 is 1.83 bits per heavy atom. The summed E-state index contributed by atoms with van der Waals surface area (Å²) in [6, 6.07) is 9.87. The average molecular weight is 525 g/mol. The number of hydrogen-bond donors (Lipinski definition) is 2. The van der Waals surface area contributed by atoms with E-state index in [2.05, 4.69) is 35.1 Å². The van der Waals surface area contributed by atoms with E-state index in [0.29, 0.717) is 23.2 Å². The largest absolute Gasteiger partial charge is 0.354 e. The Balaban J connectivity index is 1.21. The van der Waals surface area contributed by atoms with E-state index in [1.807, 2.05) is 29.8 Å². The lowest BCUT2D eigenvalue weighted by Gasteiger charge is -2.32. The molecule has 2 N–H and O–H groups in total. The average Bonchev–Trinajstić information content (AvgIpc) is 3.56. The molecular weight excluding hydrogens is 500 g/mol. The highest BCUT2D eigenvalue weighted by molar-refractivity contribution is 7.93. The molecule has 0 saturated carbocycles. The summed E-state index contributed by atoms with van der Waals surface area (Å²) in [7, 11) is -3.75. The molecule has 0 radical (unpaired) electrons. The summed E-state index contributed by atoms with van der Waals surface area (Å²) in [5.74, 6) is 1.89. The van der Waals surface area contributed by atoms with E-state index in [9.17, 15) is 13.2 Å². The van der Waals surface area contributed by atoms with Gasteiger partial charge in [0.05, 0.1) is 10.8 Å². The van der Waals surface area contributed by atoms with Crippen LogP contribution in [0.2, 0.25) is 0 Å². The molecule has 1 saturated heterocycles. The third-order valence-electron chi connectivity index (χ3n) is 5.91. The van der Waals surface area contributed by atoms with Crippen molar-refractivity contribution in [2.45, 2.75) is 24.7 Å². The second-order valence-electron chi connectivity index (χ2n) is 8.34. The summed E-state index contributed by atoms with van der Waals surface area (Å²) in [6.45, 7) is 3.21. The molecular formula is C23H24N8O3S2. The molecule has 0 aliphatic carbocycles. The second kappa shape index (κ2) is 10.0. The van der Waals surface area contributed by atoms with Gasteiger partial charge in [0.15, 0.2) is 16.8 Å². The third kappa shape index (κ3) is 5.21. The fraction of sp³-hybridized carbons (Fsp3) is 0.261. The molecule has 13 heteroatoms. The first-order valence-electron chi connectivity index (χ1n) is 11.3.